The topological polar surface area (TPSA) is 59.1 Å². The van der Waals surface area contributed by atoms with Crippen LogP contribution in [-0.2, 0) is 4.74 Å². The van der Waals surface area contributed by atoms with Crippen molar-refractivity contribution < 1.29 is 9.13 Å². The van der Waals surface area contributed by atoms with Gasteiger partial charge in [0.25, 0.3) is 0 Å². The van der Waals surface area contributed by atoms with Crippen LogP contribution >= 0.6 is 0 Å². The minimum Gasteiger partial charge on any atom is -0.381 e. The van der Waals surface area contributed by atoms with E-state index in [1.54, 1.807) is 0 Å². The lowest BCUT2D eigenvalue weighted by Crippen LogP contribution is -2.41. The number of nitrogens with one attached hydrogen (secondary N) is 2. The molecule has 2 N–H and O–H groups in total. The number of aromatic nitrogens is 2. The first-order valence-electron chi connectivity index (χ1n) is 6.25. The highest BCUT2D eigenvalue weighted by Crippen LogP contribution is 2.26. The molecule has 0 atom stereocenters. The van der Waals surface area contributed by atoms with Crippen LogP contribution in [0, 0.1) is 5.82 Å². The number of anilines is 2. The van der Waals surface area contributed by atoms with Crippen molar-refractivity contribution in [3.8, 4) is 0 Å². The molecule has 0 saturated carbocycles. The van der Waals surface area contributed by atoms with Crippen molar-refractivity contribution in [1.82, 2.24) is 9.97 Å². The molecule has 1 aliphatic heterocycles. The summed E-state index contributed by atoms with van der Waals surface area (Å²) < 4.78 is 19.0. The van der Waals surface area contributed by atoms with Crippen LogP contribution < -0.4 is 10.6 Å². The summed E-state index contributed by atoms with van der Waals surface area (Å²) in [4.78, 5) is 8.03. The second-order valence-electron chi connectivity index (χ2n) is 4.72. The van der Waals surface area contributed by atoms with Crippen molar-refractivity contribution in [1.29, 1.82) is 0 Å². The number of hydrogen-bond donors (Lipinski definition) is 2. The van der Waals surface area contributed by atoms with E-state index in [9.17, 15) is 4.39 Å². The zero-order valence-corrected chi connectivity index (χ0v) is 10.8. The first-order chi connectivity index (χ1) is 8.63. The van der Waals surface area contributed by atoms with E-state index in [0.29, 0.717) is 25.7 Å². The summed E-state index contributed by atoms with van der Waals surface area (Å²) in [5.74, 6) is 0.270. The van der Waals surface area contributed by atoms with Gasteiger partial charge in [0, 0.05) is 25.3 Å². The lowest BCUT2D eigenvalue weighted by Gasteiger charge is -2.35. The van der Waals surface area contributed by atoms with Crippen molar-refractivity contribution in [3.63, 3.8) is 0 Å². The first kappa shape index (κ1) is 13.0. The lowest BCUT2D eigenvalue weighted by atomic mass is 9.92. The molecule has 1 aromatic heterocycles. The van der Waals surface area contributed by atoms with Crippen LogP contribution in [0.5, 0.6) is 0 Å². The van der Waals surface area contributed by atoms with Crippen molar-refractivity contribution in [3.05, 3.63) is 12.0 Å². The van der Waals surface area contributed by atoms with Gasteiger partial charge < -0.3 is 15.4 Å². The molecule has 0 aliphatic carbocycles. The molecule has 0 spiro atoms. The third-order valence-electron chi connectivity index (χ3n) is 3.10. The van der Waals surface area contributed by atoms with Crippen LogP contribution in [0.15, 0.2) is 6.20 Å². The van der Waals surface area contributed by atoms with Gasteiger partial charge in [-0.3, -0.25) is 0 Å². The zero-order chi connectivity index (χ0) is 13.0. The maximum Gasteiger partial charge on any atom is 0.224 e. The maximum absolute atomic E-state index is 13.7. The molecule has 2 heterocycles. The highest BCUT2D eigenvalue weighted by atomic mass is 19.1. The summed E-state index contributed by atoms with van der Waals surface area (Å²) in [6.45, 7) is 6.09. The van der Waals surface area contributed by atoms with E-state index in [1.807, 2.05) is 6.92 Å². The molecule has 1 saturated heterocycles. The molecule has 1 aliphatic rings. The molecular formula is C12H19FN4O. The van der Waals surface area contributed by atoms with Crippen LogP contribution in [0.2, 0.25) is 0 Å². The second kappa shape index (κ2) is 5.48. The van der Waals surface area contributed by atoms with Gasteiger partial charge in [-0.05, 0) is 26.7 Å². The third kappa shape index (κ3) is 3.07. The Balaban J connectivity index is 2.14. The average Bonchev–Trinajstić information content (AvgIpc) is 2.34. The molecule has 6 heteroatoms. The monoisotopic (exact) mass is 254 g/mol. The summed E-state index contributed by atoms with van der Waals surface area (Å²) in [5.41, 5.74) is -0.170. The maximum atomic E-state index is 13.7. The number of ether oxygens (including phenoxy) is 1. The molecular weight excluding hydrogens is 235 g/mol. The van der Waals surface area contributed by atoms with E-state index in [2.05, 4.69) is 27.5 Å². The zero-order valence-electron chi connectivity index (χ0n) is 10.8. The van der Waals surface area contributed by atoms with E-state index in [4.69, 9.17) is 4.74 Å². The Morgan fingerprint density at radius 1 is 1.44 bits per heavy atom. The van der Waals surface area contributed by atoms with Gasteiger partial charge in [0.05, 0.1) is 6.20 Å². The molecule has 0 unspecified atom stereocenters. The lowest BCUT2D eigenvalue weighted by molar-refractivity contribution is 0.0656. The number of halogens is 1. The van der Waals surface area contributed by atoms with Gasteiger partial charge in [-0.2, -0.15) is 4.98 Å². The Bertz CT molecular complexity index is 407. The van der Waals surface area contributed by atoms with Crippen molar-refractivity contribution in [2.45, 2.75) is 32.2 Å². The number of nitrogens with zero attached hydrogens (tertiary/aromatic N) is 2. The quantitative estimate of drug-likeness (QED) is 0.861. The van der Waals surface area contributed by atoms with Crippen molar-refractivity contribution >= 4 is 11.8 Å². The predicted molar refractivity (Wildman–Crippen MR) is 68.2 cm³/mol. The Morgan fingerprint density at radius 2 is 2.17 bits per heavy atom. The van der Waals surface area contributed by atoms with Crippen LogP contribution in [0.3, 0.4) is 0 Å². The molecule has 18 heavy (non-hydrogen) atoms. The molecule has 0 radical (unpaired) electrons. The Labute approximate surface area is 106 Å². The fourth-order valence-corrected chi connectivity index (χ4v) is 1.93. The predicted octanol–water partition coefficient (Wildman–Crippen LogP) is 2.03. The van der Waals surface area contributed by atoms with Gasteiger partial charge in [-0.15, -0.1) is 0 Å². The van der Waals surface area contributed by atoms with Crippen LogP contribution in [0.25, 0.3) is 0 Å². The molecule has 0 bridgehead atoms. The first-order valence-corrected chi connectivity index (χ1v) is 6.25. The molecule has 0 amide bonds. The van der Waals surface area contributed by atoms with Crippen LogP contribution in [0.1, 0.15) is 26.7 Å². The fourth-order valence-electron chi connectivity index (χ4n) is 1.93. The van der Waals surface area contributed by atoms with Gasteiger partial charge in [0.1, 0.15) is 0 Å². The summed E-state index contributed by atoms with van der Waals surface area (Å²) in [7, 11) is 0. The number of rotatable bonds is 4. The SMILES string of the molecule is CCNc1ncc(F)c(NC2(C)CCOCC2)n1. The second-order valence-corrected chi connectivity index (χ2v) is 4.72. The van der Waals surface area contributed by atoms with Crippen LogP contribution in [0.4, 0.5) is 16.2 Å². The van der Waals surface area contributed by atoms with Gasteiger partial charge in [0.15, 0.2) is 11.6 Å². The normalized spacial score (nSPS) is 18.4. The molecule has 100 valence electrons. The largest absolute Gasteiger partial charge is 0.381 e. The van der Waals surface area contributed by atoms with Crippen molar-refractivity contribution in [2.24, 2.45) is 0 Å². The summed E-state index contributed by atoms with van der Waals surface area (Å²) in [6, 6.07) is 0. The minimum absolute atomic E-state index is 0.170. The fraction of sp³-hybridized carbons (Fsp3) is 0.667. The van der Waals surface area contributed by atoms with Gasteiger partial charge >= 0.3 is 0 Å². The van der Waals surface area contributed by atoms with Gasteiger partial charge in [0.2, 0.25) is 5.95 Å². The van der Waals surface area contributed by atoms with E-state index in [0.717, 1.165) is 12.8 Å². The number of hydrogen-bond acceptors (Lipinski definition) is 5. The summed E-state index contributed by atoms with van der Waals surface area (Å²) >= 11 is 0. The van der Waals surface area contributed by atoms with E-state index in [1.165, 1.54) is 6.20 Å². The minimum atomic E-state index is -0.427. The summed E-state index contributed by atoms with van der Waals surface area (Å²) in [6.07, 6.45) is 2.87. The standard InChI is InChI=1S/C12H19FN4O/c1-3-14-11-15-8-9(13)10(16-11)17-12(2)4-6-18-7-5-12/h8H,3-7H2,1-2H3,(H2,14,15,16,17). The molecule has 5 nitrogen and oxygen atoms in total. The van der Waals surface area contributed by atoms with Crippen LogP contribution in [-0.4, -0.2) is 35.3 Å². The Kier molecular flexibility index (Phi) is 3.96. The Hall–Kier alpha value is -1.43. The third-order valence-corrected chi connectivity index (χ3v) is 3.10. The van der Waals surface area contributed by atoms with Gasteiger partial charge in [-0.25, -0.2) is 9.37 Å². The smallest absolute Gasteiger partial charge is 0.224 e. The highest BCUT2D eigenvalue weighted by molar-refractivity contribution is 5.43. The van der Waals surface area contributed by atoms with E-state index in [-0.39, 0.29) is 11.4 Å². The van der Waals surface area contributed by atoms with Gasteiger partial charge in [-0.1, -0.05) is 0 Å². The molecule has 0 aromatic carbocycles. The molecule has 1 aromatic rings. The Morgan fingerprint density at radius 3 is 2.83 bits per heavy atom. The van der Waals surface area contributed by atoms with E-state index >= 15 is 0 Å². The molecule has 2 rings (SSSR count). The highest BCUT2D eigenvalue weighted by Gasteiger charge is 2.28. The molecule has 1 fully saturated rings. The summed E-state index contributed by atoms with van der Waals surface area (Å²) in [5, 5.41) is 6.15. The average molecular weight is 254 g/mol. The van der Waals surface area contributed by atoms with Crippen molar-refractivity contribution in [2.75, 3.05) is 30.4 Å². The van der Waals surface area contributed by atoms with E-state index < -0.39 is 5.82 Å².